The Morgan fingerprint density at radius 3 is 2.29 bits per heavy atom. The van der Waals surface area contributed by atoms with Gasteiger partial charge in [0, 0.05) is 28.6 Å². The van der Waals surface area contributed by atoms with Gasteiger partial charge in [-0.25, -0.2) is 0 Å². The highest BCUT2D eigenvalue weighted by atomic mass is 79.9. The molecule has 0 saturated carbocycles. The van der Waals surface area contributed by atoms with E-state index < -0.39 is 5.79 Å². The number of carbonyl (C=O) groups excluding carboxylic acids is 1. The Bertz CT molecular complexity index is 758. The van der Waals surface area contributed by atoms with E-state index in [9.17, 15) is 4.79 Å². The lowest BCUT2D eigenvalue weighted by Crippen LogP contribution is -2.40. The smallest absolute Gasteiger partial charge is 0.310 e. The molecular formula is C22H27BrO4S. The number of methoxy groups -OCH3 is 1. The summed E-state index contributed by atoms with van der Waals surface area (Å²) in [6.45, 7) is 6.89. The van der Waals surface area contributed by atoms with Gasteiger partial charge in [-0.05, 0) is 50.6 Å². The van der Waals surface area contributed by atoms with E-state index in [4.69, 9.17) is 14.2 Å². The highest BCUT2D eigenvalue weighted by Crippen LogP contribution is 2.39. The lowest BCUT2D eigenvalue weighted by atomic mass is 9.99. The van der Waals surface area contributed by atoms with Gasteiger partial charge in [-0.15, -0.1) is 0 Å². The van der Waals surface area contributed by atoms with Gasteiger partial charge in [0.15, 0.2) is 0 Å². The van der Waals surface area contributed by atoms with Crippen LogP contribution in [0.15, 0.2) is 58.3 Å². The van der Waals surface area contributed by atoms with Gasteiger partial charge in [-0.3, -0.25) is 4.79 Å². The molecule has 4 nitrogen and oxygen atoms in total. The van der Waals surface area contributed by atoms with Gasteiger partial charge in [0.05, 0.1) is 18.4 Å². The first kappa shape index (κ1) is 22.9. The monoisotopic (exact) mass is 466 g/mol. The quantitative estimate of drug-likeness (QED) is 0.260. The summed E-state index contributed by atoms with van der Waals surface area (Å²) in [6.07, 6.45) is 0.185. The second-order valence-electron chi connectivity index (χ2n) is 6.14. The molecule has 2 rings (SSSR count). The van der Waals surface area contributed by atoms with E-state index in [0.29, 0.717) is 13.2 Å². The first-order chi connectivity index (χ1) is 13.5. The molecule has 0 unspecified atom stereocenters. The number of ether oxygens (including phenoxy) is 3. The van der Waals surface area contributed by atoms with E-state index in [0.717, 1.165) is 20.9 Å². The summed E-state index contributed by atoms with van der Waals surface area (Å²) in [5.41, 5.74) is 1.76. The van der Waals surface area contributed by atoms with Gasteiger partial charge in [-0.2, -0.15) is 0 Å². The van der Waals surface area contributed by atoms with E-state index in [1.54, 1.807) is 11.8 Å². The number of carbonyl (C=O) groups is 1. The Hall–Kier alpha value is -1.34. The molecule has 0 spiro atoms. The molecular weight excluding hydrogens is 440 g/mol. The molecule has 152 valence electrons. The van der Waals surface area contributed by atoms with E-state index in [2.05, 4.69) is 15.9 Å². The Kier molecular flexibility index (Phi) is 9.02. The molecule has 0 bridgehead atoms. The number of alkyl halides is 1. The van der Waals surface area contributed by atoms with Gasteiger partial charge < -0.3 is 14.2 Å². The van der Waals surface area contributed by atoms with Crippen molar-refractivity contribution in [3.8, 4) is 0 Å². The lowest BCUT2D eigenvalue weighted by Gasteiger charge is -2.36. The van der Waals surface area contributed by atoms with Crippen LogP contribution < -0.4 is 0 Å². The van der Waals surface area contributed by atoms with Crippen molar-refractivity contribution in [2.75, 3.05) is 20.3 Å². The SMILES string of the molecule is CCOC(OCC)(c1ccc(Sc2ccccc2)c(CC(=O)OC)c1)[C@H](C)Br. The van der Waals surface area contributed by atoms with Crippen LogP contribution in [0, 0.1) is 0 Å². The van der Waals surface area contributed by atoms with Crippen LogP contribution in [0.4, 0.5) is 0 Å². The fourth-order valence-corrected chi connectivity index (χ4v) is 4.45. The highest BCUT2D eigenvalue weighted by molar-refractivity contribution is 9.09. The van der Waals surface area contributed by atoms with Crippen molar-refractivity contribution >= 4 is 33.7 Å². The third-order valence-electron chi connectivity index (χ3n) is 4.24. The summed E-state index contributed by atoms with van der Waals surface area (Å²) >= 11 is 5.27. The van der Waals surface area contributed by atoms with E-state index >= 15 is 0 Å². The van der Waals surface area contributed by atoms with E-state index in [1.165, 1.54) is 7.11 Å². The zero-order valence-electron chi connectivity index (χ0n) is 16.7. The normalized spacial score (nSPS) is 12.6. The topological polar surface area (TPSA) is 44.8 Å². The molecule has 2 aromatic carbocycles. The maximum atomic E-state index is 12.0. The first-order valence-electron chi connectivity index (χ1n) is 9.31. The molecule has 0 aliphatic carbocycles. The molecule has 0 radical (unpaired) electrons. The Morgan fingerprint density at radius 2 is 1.75 bits per heavy atom. The Balaban J connectivity index is 2.51. The average Bonchev–Trinajstić information content (AvgIpc) is 2.69. The second-order valence-corrected chi connectivity index (χ2v) is 8.63. The number of benzene rings is 2. The number of esters is 1. The summed E-state index contributed by atoms with van der Waals surface area (Å²) in [5.74, 6) is -1.21. The Morgan fingerprint density at radius 1 is 1.11 bits per heavy atom. The predicted molar refractivity (Wildman–Crippen MR) is 116 cm³/mol. The minimum atomic E-state index is -0.926. The third kappa shape index (κ3) is 5.60. The van der Waals surface area contributed by atoms with Crippen LogP contribution in [-0.2, 0) is 31.2 Å². The van der Waals surface area contributed by atoms with Crippen molar-refractivity contribution in [1.82, 2.24) is 0 Å². The lowest BCUT2D eigenvalue weighted by molar-refractivity contribution is -0.239. The van der Waals surface area contributed by atoms with Gasteiger partial charge in [-0.1, -0.05) is 52.0 Å². The molecule has 6 heteroatoms. The maximum Gasteiger partial charge on any atom is 0.310 e. The highest BCUT2D eigenvalue weighted by Gasteiger charge is 2.39. The van der Waals surface area contributed by atoms with Gasteiger partial charge >= 0.3 is 5.97 Å². The van der Waals surface area contributed by atoms with Gasteiger partial charge in [0.25, 0.3) is 0 Å². The van der Waals surface area contributed by atoms with Crippen LogP contribution in [0.3, 0.4) is 0 Å². The third-order valence-corrected chi connectivity index (χ3v) is 5.97. The van der Waals surface area contributed by atoms with Crippen LogP contribution in [0.25, 0.3) is 0 Å². The molecule has 28 heavy (non-hydrogen) atoms. The van der Waals surface area contributed by atoms with Crippen LogP contribution in [0.2, 0.25) is 0 Å². The van der Waals surface area contributed by atoms with Crippen molar-refractivity contribution in [2.45, 2.75) is 47.6 Å². The molecule has 0 heterocycles. The molecule has 0 aliphatic rings. The molecule has 0 saturated heterocycles. The van der Waals surface area contributed by atoms with Gasteiger partial charge in [0.1, 0.15) is 0 Å². The molecule has 0 amide bonds. The van der Waals surface area contributed by atoms with Gasteiger partial charge in [0.2, 0.25) is 5.79 Å². The van der Waals surface area contributed by atoms with E-state index in [-0.39, 0.29) is 17.2 Å². The predicted octanol–water partition coefficient (Wildman–Crippen LogP) is 5.56. The molecule has 2 aromatic rings. The zero-order chi connectivity index (χ0) is 20.6. The van der Waals surface area contributed by atoms with E-state index in [1.807, 2.05) is 69.3 Å². The molecule has 0 aliphatic heterocycles. The zero-order valence-corrected chi connectivity index (χ0v) is 19.1. The molecule has 1 atom stereocenters. The summed E-state index contributed by atoms with van der Waals surface area (Å²) in [5, 5.41) is 0. The summed E-state index contributed by atoms with van der Waals surface area (Å²) in [7, 11) is 1.40. The second kappa shape index (κ2) is 11.0. The first-order valence-corrected chi connectivity index (χ1v) is 11.0. The van der Waals surface area contributed by atoms with Crippen LogP contribution in [-0.4, -0.2) is 31.1 Å². The van der Waals surface area contributed by atoms with Crippen molar-refractivity contribution in [3.63, 3.8) is 0 Å². The van der Waals surface area contributed by atoms with Crippen molar-refractivity contribution < 1.29 is 19.0 Å². The van der Waals surface area contributed by atoms with Crippen molar-refractivity contribution in [3.05, 3.63) is 59.7 Å². The van der Waals surface area contributed by atoms with Crippen molar-refractivity contribution in [1.29, 1.82) is 0 Å². The standard InChI is InChI=1S/C22H27BrO4S/c1-5-26-22(16(3)23,27-6-2)18-12-13-20(17(14-18)15-21(24)25-4)28-19-10-8-7-9-11-19/h7-14,16H,5-6,15H2,1-4H3/t16-/m0/s1. The number of hydrogen-bond donors (Lipinski definition) is 0. The van der Waals surface area contributed by atoms with Crippen LogP contribution in [0.1, 0.15) is 31.9 Å². The molecule has 0 fully saturated rings. The Labute approximate surface area is 180 Å². The van der Waals surface area contributed by atoms with Crippen LogP contribution >= 0.6 is 27.7 Å². The number of hydrogen-bond acceptors (Lipinski definition) is 5. The minimum Gasteiger partial charge on any atom is -0.469 e. The average molecular weight is 467 g/mol. The number of halogens is 1. The summed E-state index contributed by atoms with van der Waals surface area (Å²) < 4.78 is 17.0. The number of rotatable bonds is 10. The van der Waals surface area contributed by atoms with Crippen LogP contribution in [0.5, 0.6) is 0 Å². The summed E-state index contributed by atoms with van der Waals surface area (Å²) in [4.78, 5) is 14.1. The fourth-order valence-electron chi connectivity index (χ4n) is 2.97. The van der Waals surface area contributed by atoms with Crippen molar-refractivity contribution in [2.24, 2.45) is 0 Å². The summed E-state index contributed by atoms with van der Waals surface area (Å²) in [6, 6.07) is 16.1. The fraction of sp³-hybridized carbons (Fsp3) is 0.409. The maximum absolute atomic E-state index is 12.0. The minimum absolute atomic E-state index is 0.0847. The largest absolute Gasteiger partial charge is 0.469 e. The molecule has 0 aromatic heterocycles. The molecule has 0 N–H and O–H groups in total.